The van der Waals surface area contributed by atoms with E-state index < -0.39 is 6.10 Å². The molecule has 20 heavy (non-hydrogen) atoms. The zero-order chi connectivity index (χ0) is 14.1. The average molecular weight is 264 g/mol. The van der Waals surface area contributed by atoms with E-state index in [-0.39, 0.29) is 0 Å². The summed E-state index contributed by atoms with van der Waals surface area (Å²) in [6, 6.07) is 16.0. The first-order valence-corrected chi connectivity index (χ1v) is 6.73. The third-order valence-electron chi connectivity index (χ3n) is 3.79. The molecule has 1 atom stereocenters. The Bertz CT molecular complexity index is 661. The Labute approximate surface area is 118 Å². The van der Waals surface area contributed by atoms with Gasteiger partial charge in [0.2, 0.25) is 0 Å². The Morgan fingerprint density at radius 1 is 1.15 bits per heavy atom. The van der Waals surface area contributed by atoms with Crippen molar-refractivity contribution in [3.05, 3.63) is 64.7 Å². The van der Waals surface area contributed by atoms with Crippen LogP contribution >= 0.6 is 0 Å². The van der Waals surface area contributed by atoms with Crippen molar-refractivity contribution in [1.82, 2.24) is 0 Å². The normalized spacial score (nSPS) is 14.8. The molecule has 0 saturated carbocycles. The summed E-state index contributed by atoms with van der Waals surface area (Å²) in [6.07, 6.45) is -0.540. The monoisotopic (exact) mass is 264 g/mol. The van der Waals surface area contributed by atoms with Crippen molar-refractivity contribution in [2.45, 2.75) is 26.1 Å². The molecule has 0 saturated heterocycles. The summed E-state index contributed by atoms with van der Waals surface area (Å²) in [5.41, 5.74) is 5.07. The van der Waals surface area contributed by atoms with Gasteiger partial charge in [0, 0.05) is 24.3 Å². The van der Waals surface area contributed by atoms with Crippen LogP contribution in [0.15, 0.2) is 42.5 Å². The van der Waals surface area contributed by atoms with Gasteiger partial charge in [-0.25, -0.2) is 0 Å². The fourth-order valence-corrected chi connectivity index (χ4v) is 2.74. The van der Waals surface area contributed by atoms with Crippen LogP contribution in [-0.2, 0) is 13.1 Å². The van der Waals surface area contributed by atoms with Gasteiger partial charge in [0.25, 0.3) is 0 Å². The van der Waals surface area contributed by atoms with Crippen LogP contribution in [0.1, 0.15) is 35.3 Å². The standard InChI is InChI=1S/C17H16N2O/c1-12(20)16-7-6-13(9-18)8-17(16)19-10-14-4-2-3-5-15(14)11-19/h2-8,12,20H,10-11H2,1H3/t12-/m1/s1. The summed E-state index contributed by atoms with van der Waals surface area (Å²) in [6.45, 7) is 3.41. The number of rotatable bonds is 2. The number of fused-ring (bicyclic) bond motifs is 1. The topological polar surface area (TPSA) is 47.3 Å². The molecule has 0 fully saturated rings. The molecule has 0 bridgehead atoms. The van der Waals surface area contributed by atoms with Crippen LogP contribution < -0.4 is 4.90 Å². The molecular formula is C17H16N2O. The van der Waals surface area contributed by atoms with Crippen molar-refractivity contribution in [3.8, 4) is 6.07 Å². The van der Waals surface area contributed by atoms with Crippen LogP contribution in [0.25, 0.3) is 0 Å². The molecule has 0 radical (unpaired) electrons. The highest BCUT2D eigenvalue weighted by Crippen LogP contribution is 2.33. The number of aliphatic hydroxyl groups is 1. The maximum Gasteiger partial charge on any atom is 0.0992 e. The van der Waals surface area contributed by atoms with Crippen LogP contribution in [0, 0.1) is 11.3 Å². The van der Waals surface area contributed by atoms with Gasteiger partial charge in [-0.3, -0.25) is 0 Å². The third-order valence-corrected chi connectivity index (χ3v) is 3.79. The summed E-state index contributed by atoms with van der Waals surface area (Å²) in [5.74, 6) is 0. The van der Waals surface area contributed by atoms with E-state index in [9.17, 15) is 5.11 Å². The fourth-order valence-electron chi connectivity index (χ4n) is 2.74. The summed E-state index contributed by atoms with van der Waals surface area (Å²) in [5, 5.41) is 19.0. The molecule has 0 aromatic heterocycles. The molecule has 0 unspecified atom stereocenters. The number of hydrogen-bond acceptors (Lipinski definition) is 3. The molecule has 3 heteroatoms. The minimum Gasteiger partial charge on any atom is -0.389 e. The number of anilines is 1. The smallest absolute Gasteiger partial charge is 0.0992 e. The highest BCUT2D eigenvalue weighted by Gasteiger charge is 2.22. The van der Waals surface area contributed by atoms with Gasteiger partial charge in [-0.1, -0.05) is 30.3 Å². The minimum atomic E-state index is -0.540. The Morgan fingerprint density at radius 2 is 1.80 bits per heavy atom. The maximum absolute atomic E-state index is 9.94. The lowest BCUT2D eigenvalue weighted by atomic mass is 10.0. The molecular weight excluding hydrogens is 248 g/mol. The van der Waals surface area contributed by atoms with E-state index in [4.69, 9.17) is 5.26 Å². The van der Waals surface area contributed by atoms with E-state index in [1.54, 1.807) is 13.0 Å². The quantitative estimate of drug-likeness (QED) is 0.906. The van der Waals surface area contributed by atoms with Crippen molar-refractivity contribution in [3.63, 3.8) is 0 Å². The molecule has 3 nitrogen and oxygen atoms in total. The number of aliphatic hydroxyl groups excluding tert-OH is 1. The molecule has 1 N–H and O–H groups in total. The predicted octanol–water partition coefficient (Wildman–Crippen LogP) is 3.13. The van der Waals surface area contributed by atoms with Gasteiger partial charge in [-0.2, -0.15) is 5.26 Å². The van der Waals surface area contributed by atoms with E-state index in [2.05, 4.69) is 23.1 Å². The second-order valence-corrected chi connectivity index (χ2v) is 5.19. The molecule has 100 valence electrons. The third kappa shape index (κ3) is 2.15. The molecule has 2 aromatic carbocycles. The largest absolute Gasteiger partial charge is 0.389 e. The summed E-state index contributed by atoms with van der Waals surface area (Å²) in [4.78, 5) is 2.22. The highest BCUT2D eigenvalue weighted by atomic mass is 16.3. The fraction of sp³-hybridized carbons (Fsp3) is 0.235. The average Bonchev–Trinajstić information content (AvgIpc) is 2.90. The molecule has 1 aliphatic rings. The van der Waals surface area contributed by atoms with Crippen LogP contribution in [0.5, 0.6) is 0 Å². The van der Waals surface area contributed by atoms with Gasteiger partial charge < -0.3 is 10.0 Å². The minimum absolute atomic E-state index is 0.540. The molecule has 1 aliphatic heterocycles. The number of nitrogens with zero attached hydrogens (tertiary/aromatic N) is 2. The van der Waals surface area contributed by atoms with Crippen molar-refractivity contribution in [1.29, 1.82) is 5.26 Å². The van der Waals surface area contributed by atoms with Crippen LogP contribution in [0.4, 0.5) is 5.69 Å². The van der Waals surface area contributed by atoms with Crippen LogP contribution in [0.2, 0.25) is 0 Å². The summed E-state index contributed by atoms with van der Waals surface area (Å²) < 4.78 is 0. The van der Waals surface area contributed by atoms with E-state index in [1.807, 2.05) is 24.3 Å². The first kappa shape index (κ1) is 12.7. The van der Waals surface area contributed by atoms with Crippen molar-refractivity contribution in [2.75, 3.05) is 4.90 Å². The Hall–Kier alpha value is -2.31. The van der Waals surface area contributed by atoms with Crippen LogP contribution in [-0.4, -0.2) is 5.11 Å². The molecule has 0 amide bonds. The number of benzene rings is 2. The van der Waals surface area contributed by atoms with Gasteiger partial charge in [0.05, 0.1) is 17.7 Å². The van der Waals surface area contributed by atoms with E-state index in [1.165, 1.54) is 11.1 Å². The number of nitriles is 1. The highest BCUT2D eigenvalue weighted by molar-refractivity contribution is 5.60. The second-order valence-electron chi connectivity index (χ2n) is 5.19. The number of hydrogen-bond donors (Lipinski definition) is 1. The zero-order valence-electron chi connectivity index (χ0n) is 11.4. The van der Waals surface area contributed by atoms with Gasteiger partial charge in [0.1, 0.15) is 0 Å². The van der Waals surface area contributed by atoms with Gasteiger partial charge >= 0.3 is 0 Å². The molecule has 2 aromatic rings. The first-order chi connectivity index (χ1) is 9.69. The van der Waals surface area contributed by atoms with Crippen LogP contribution in [0.3, 0.4) is 0 Å². The van der Waals surface area contributed by atoms with Gasteiger partial charge in [-0.15, -0.1) is 0 Å². The zero-order valence-corrected chi connectivity index (χ0v) is 11.4. The lowest BCUT2D eigenvalue weighted by Gasteiger charge is -2.23. The lowest BCUT2D eigenvalue weighted by Crippen LogP contribution is -2.17. The summed E-state index contributed by atoms with van der Waals surface area (Å²) >= 11 is 0. The van der Waals surface area contributed by atoms with Gasteiger partial charge in [0.15, 0.2) is 0 Å². The molecule has 0 aliphatic carbocycles. The van der Waals surface area contributed by atoms with Crippen molar-refractivity contribution >= 4 is 5.69 Å². The Morgan fingerprint density at radius 3 is 2.35 bits per heavy atom. The Kier molecular flexibility index (Phi) is 3.17. The SMILES string of the molecule is C[C@@H](O)c1ccc(C#N)cc1N1Cc2ccccc2C1. The molecule has 3 rings (SSSR count). The lowest BCUT2D eigenvalue weighted by molar-refractivity contribution is 0.199. The molecule has 1 heterocycles. The summed E-state index contributed by atoms with van der Waals surface area (Å²) in [7, 11) is 0. The van der Waals surface area contributed by atoms with E-state index in [0.29, 0.717) is 5.56 Å². The second kappa shape index (κ2) is 4.99. The van der Waals surface area contributed by atoms with E-state index >= 15 is 0 Å². The van der Waals surface area contributed by atoms with Crippen molar-refractivity contribution < 1.29 is 5.11 Å². The van der Waals surface area contributed by atoms with Crippen molar-refractivity contribution in [2.24, 2.45) is 0 Å². The predicted molar refractivity (Wildman–Crippen MR) is 78.1 cm³/mol. The maximum atomic E-state index is 9.94. The molecule has 0 spiro atoms. The van der Waals surface area contributed by atoms with E-state index in [0.717, 1.165) is 24.3 Å². The first-order valence-electron chi connectivity index (χ1n) is 6.73. The Balaban J connectivity index is 2.01. The van der Waals surface area contributed by atoms with Gasteiger partial charge in [-0.05, 0) is 30.2 Å².